The minimum absolute atomic E-state index is 0.135. The highest BCUT2D eigenvalue weighted by Crippen LogP contribution is 2.61. The van der Waals surface area contributed by atoms with E-state index < -0.39 is 121 Å². The van der Waals surface area contributed by atoms with E-state index >= 15 is 0 Å². The van der Waals surface area contributed by atoms with E-state index in [1.54, 1.807) is 0 Å². The highest BCUT2D eigenvalue weighted by atomic mass is 19.4. The Labute approximate surface area is 280 Å². The highest BCUT2D eigenvalue weighted by molar-refractivity contribution is 5.77. The average molecular weight is 785 g/mol. The van der Waals surface area contributed by atoms with Crippen LogP contribution in [-0.2, 0) is 28.5 Å². The number of rotatable bonds is 7. The number of esters is 1. The van der Waals surface area contributed by atoms with Crippen molar-refractivity contribution < 1.29 is 104 Å². The number of ether oxygens (including phenoxy) is 5. The lowest BCUT2D eigenvalue weighted by Crippen LogP contribution is -2.69. The number of carbonyl (C=O) groups excluding carboxylic acids is 3. The molecular formula is C28H35F15O8. The fraction of sp³-hybridized carbons (Fsp3) is 0.893. The van der Waals surface area contributed by atoms with Crippen LogP contribution in [0.2, 0.25) is 0 Å². The molecule has 0 N–H and O–H groups in total. The summed E-state index contributed by atoms with van der Waals surface area (Å²) in [5.74, 6) is -10.2. The second kappa shape index (κ2) is 14.1. The first-order chi connectivity index (χ1) is 22.2. The maximum Gasteiger partial charge on any atom is 0.510 e. The van der Waals surface area contributed by atoms with Crippen LogP contribution in [0, 0.1) is 17.3 Å². The fourth-order valence-corrected chi connectivity index (χ4v) is 5.22. The predicted molar refractivity (Wildman–Crippen MR) is 139 cm³/mol. The van der Waals surface area contributed by atoms with Crippen molar-refractivity contribution in [3.05, 3.63) is 0 Å². The Morgan fingerprint density at radius 3 is 1.00 bits per heavy atom. The Bertz CT molecular complexity index is 1150. The monoisotopic (exact) mass is 784 g/mol. The molecule has 3 unspecified atom stereocenters. The minimum atomic E-state index is -6.96. The molecule has 1 aliphatic rings. The Kier molecular flexibility index (Phi) is 12.7. The van der Waals surface area contributed by atoms with Crippen molar-refractivity contribution in [1.29, 1.82) is 0 Å². The molecule has 0 aliphatic heterocycles. The first-order valence-electron chi connectivity index (χ1n) is 14.6. The molecule has 1 fully saturated rings. The smallest absolute Gasteiger partial charge is 0.462 e. The first-order valence-corrected chi connectivity index (χ1v) is 14.6. The summed E-state index contributed by atoms with van der Waals surface area (Å²) < 4.78 is 238. The standard InChI is InChI=1S/C28H35F15O8/c1-9-21(8,24(29,30)31)16(44)47-15-11-13(22(25(32,33)34,26(35,36)37)50-17(45)48-19(2,3)4)10-14(12-15)23(27(38,39)40,28(41,42)43)51-18(46)49-20(5,6)7/h13-15H,9-12H2,1-8H3. The molecule has 1 rings (SSSR count). The number of hydrogen-bond donors (Lipinski definition) is 0. The van der Waals surface area contributed by atoms with Gasteiger partial charge in [0, 0.05) is 11.8 Å². The molecule has 0 bridgehead atoms. The van der Waals surface area contributed by atoms with Gasteiger partial charge in [-0.2, -0.15) is 65.9 Å². The van der Waals surface area contributed by atoms with Gasteiger partial charge in [0.1, 0.15) is 17.3 Å². The lowest BCUT2D eigenvalue weighted by Gasteiger charge is -2.50. The van der Waals surface area contributed by atoms with Gasteiger partial charge in [0.05, 0.1) is 0 Å². The molecule has 0 aromatic carbocycles. The van der Waals surface area contributed by atoms with Crippen LogP contribution in [-0.4, -0.2) is 77.7 Å². The number of hydrogen-bond acceptors (Lipinski definition) is 8. The van der Waals surface area contributed by atoms with E-state index in [4.69, 9.17) is 0 Å². The van der Waals surface area contributed by atoms with E-state index in [0.717, 1.165) is 41.5 Å². The van der Waals surface area contributed by atoms with E-state index in [0.29, 0.717) is 6.92 Å². The van der Waals surface area contributed by atoms with Crippen LogP contribution in [0.25, 0.3) is 0 Å². The van der Waals surface area contributed by atoms with Crippen molar-refractivity contribution >= 4 is 18.3 Å². The van der Waals surface area contributed by atoms with Crippen LogP contribution >= 0.6 is 0 Å². The van der Waals surface area contributed by atoms with Gasteiger partial charge >= 0.3 is 60.4 Å². The molecule has 0 spiro atoms. The molecule has 51 heavy (non-hydrogen) atoms. The summed E-state index contributed by atoms with van der Waals surface area (Å²) in [5.41, 5.74) is -19.6. The maximum atomic E-state index is 14.7. The van der Waals surface area contributed by atoms with Crippen LogP contribution in [0.3, 0.4) is 0 Å². The Morgan fingerprint density at radius 2 is 0.784 bits per heavy atom. The van der Waals surface area contributed by atoms with Gasteiger partial charge < -0.3 is 23.7 Å². The fourth-order valence-electron chi connectivity index (χ4n) is 5.22. The zero-order chi connectivity index (χ0) is 40.8. The largest absolute Gasteiger partial charge is 0.510 e. The van der Waals surface area contributed by atoms with Crippen molar-refractivity contribution in [1.82, 2.24) is 0 Å². The zero-order valence-corrected chi connectivity index (χ0v) is 28.0. The van der Waals surface area contributed by atoms with Crippen LogP contribution in [0.15, 0.2) is 0 Å². The zero-order valence-electron chi connectivity index (χ0n) is 28.0. The van der Waals surface area contributed by atoms with E-state index in [9.17, 15) is 80.2 Å². The maximum absolute atomic E-state index is 14.7. The Morgan fingerprint density at radius 1 is 0.490 bits per heavy atom. The molecular weight excluding hydrogens is 749 g/mol. The molecule has 23 heteroatoms. The summed E-state index contributed by atoms with van der Waals surface area (Å²) in [6.07, 6.45) is -50.0. The first kappa shape index (κ1) is 46.0. The van der Waals surface area contributed by atoms with Crippen LogP contribution in [0.5, 0.6) is 0 Å². The van der Waals surface area contributed by atoms with E-state index in [1.165, 1.54) is 0 Å². The van der Waals surface area contributed by atoms with Crippen molar-refractivity contribution in [3.8, 4) is 0 Å². The average Bonchev–Trinajstić information content (AvgIpc) is 2.83. The molecule has 0 amide bonds. The van der Waals surface area contributed by atoms with Gasteiger partial charge in [-0.15, -0.1) is 0 Å². The van der Waals surface area contributed by atoms with Crippen molar-refractivity contribution in [2.24, 2.45) is 17.3 Å². The SMILES string of the molecule is CCC(C)(C(=O)OC1CC(C(OC(=O)OC(C)(C)C)(C(F)(F)F)C(F)(F)F)CC(C(OC(=O)OC(C)(C)C)(C(F)(F)F)C(F)(F)F)C1)C(F)(F)F. The number of alkyl halides is 15. The lowest BCUT2D eigenvalue weighted by atomic mass is 9.65. The quantitative estimate of drug-likeness (QED) is 0.143. The molecule has 1 aliphatic carbocycles. The summed E-state index contributed by atoms with van der Waals surface area (Å²) in [4.78, 5) is 37.4. The summed E-state index contributed by atoms with van der Waals surface area (Å²) >= 11 is 0. The molecule has 300 valence electrons. The topological polar surface area (TPSA) is 97.4 Å². The third-order valence-electron chi connectivity index (χ3n) is 7.82. The van der Waals surface area contributed by atoms with Crippen molar-refractivity contribution in [3.63, 3.8) is 0 Å². The van der Waals surface area contributed by atoms with Crippen LogP contribution in [0.1, 0.15) is 81.1 Å². The third-order valence-corrected chi connectivity index (χ3v) is 7.82. The second-order valence-corrected chi connectivity index (χ2v) is 13.9. The highest BCUT2D eigenvalue weighted by Gasteiger charge is 2.82. The summed E-state index contributed by atoms with van der Waals surface area (Å²) in [5, 5.41) is 0. The molecule has 0 heterocycles. The van der Waals surface area contributed by atoms with Gasteiger partial charge in [0.15, 0.2) is 5.41 Å². The third kappa shape index (κ3) is 9.69. The second-order valence-electron chi connectivity index (χ2n) is 13.9. The van der Waals surface area contributed by atoms with Crippen LogP contribution in [0.4, 0.5) is 75.4 Å². The van der Waals surface area contributed by atoms with E-state index in [2.05, 4.69) is 23.7 Å². The van der Waals surface area contributed by atoms with Gasteiger partial charge in [-0.05, 0) is 74.1 Å². The summed E-state index contributed by atoms with van der Waals surface area (Å²) in [6.45, 7) is 6.37. The predicted octanol–water partition coefficient (Wildman–Crippen LogP) is 9.92. The molecule has 1 saturated carbocycles. The van der Waals surface area contributed by atoms with E-state index in [1.807, 2.05) is 0 Å². The number of carbonyl (C=O) groups is 3. The van der Waals surface area contributed by atoms with Gasteiger partial charge in [-0.1, -0.05) is 6.92 Å². The molecule has 0 radical (unpaired) electrons. The Balaban J connectivity index is 4.29. The van der Waals surface area contributed by atoms with Gasteiger partial charge in [-0.3, -0.25) is 4.79 Å². The van der Waals surface area contributed by atoms with Gasteiger partial charge in [-0.25, -0.2) is 9.59 Å². The minimum Gasteiger partial charge on any atom is -0.462 e. The normalized spacial score (nSPS) is 21.7. The molecule has 3 atom stereocenters. The van der Waals surface area contributed by atoms with Gasteiger partial charge in [0.2, 0.25) is 0 Å². The van der Waals surface area contributed by atoms with Crippen LogP contribution < -0.4 is 0 Å². The molecule has 0 saturated heterocycles. The van der Waals surface area contributed by atoms with Gasteiger partial charge in [0.25, 0.3) is 0 Å². The summed E-state index contributed by atoms with van der Waals surface area (Å²) in [6, 6.07) is 0. The van der Waals surface area contributed by atoms with E-state index in [-0.39, 0.29) is 6.92 Å². The van der Waals surface area contributed by atoms with Crippen molar-refractivity contribution in [2.45, 2.75) is 140 Å². The van der Waals surface area contributed by atoms with Crippen molar-refractivity contribution in [2.75, 3.05) is 0 Å². The molecule has 0 aromatic heterocycles. The number of halogens is 15. The molecule has 8 nitrogen and oxygen atoms in total. The lowest BCUT2D eigenvalue weighted by molar-refractivity contribution is -0.406. The summed E-state index contributed by atoms with van der Waals surface area (Å²) in [7, 11) is 0. The molecule has 0 aromatic rings. The Hall–Kier alpha value is -3.04.